The van der Waals surface area contributed by atoms with Crippen molar-refractivity contribution in [1.82, 2.24) is 0 Å². The van der Waals surface area contributed by atoms with Crippen molar-refractivity contribution in [2.75, 3.05) is 5.32 Å². The number of rotatable bonds is 2. The predicted octanol–water partition coefficient (Wildman–Crippen LogP) is 3.85. The number of halogens is 3. The number of carbonyl (C=O) groups excluding carboxylic acids is 1. The molecular weight excluding hydrogens is 330 g/mol. The van der Waals surface area contributed by atoms with Gasteiger partial charge in [-0.25, -0.2) is 8.78 Å². The maximum atomic E-state index is 13.5. The maximum Gasteiger partial charge on any atom is 0.258 e. The monoisotopic (exact) mass is 336 g/mol. The molecule has 2 aromatic carbocycles. The van der Waals surface area contributed by atoms with Crippen LogP contribution in [0.15, 0.2) is 40.9 Å². The third-order valence-corrected chi connectivity index (χ3v) is 3.04. The maximum absolute atomic E-state index is 13.5. The summed E-state index contributed by atoms with van der Waals surface area (Å²) in [7, 11) is 0. The average Bonchev–Trinajstić information content (AvgIpc) is 2.42. The van der Waals surface area contributed by atoms with E-state index in [9.17, 15) is 13.6 Å². The first-order valence-corrected chi connectivity index (χ1v) is 6.27. The summed E-state index contributed by atoms with van der Waals surface area (Å²) >= 11 is 3.20. The Kier molecular flexibility index (Phi) is 4.11. The third kappa shape index (κ3) is 2.83. The van der Waals surface area contributed by atoms with Crippen LogP contribution >= 0.6 is 15.9 Å². The van der Waals surface area contributed by atoms with Gasteiger partial charge in [-0.05, 0) is 30.3 Å². The highest BCUT2D eigenvalue weighted by Crippen LogP contribution is 2.22. The van der Waals surface area contributed by atoms with Crippen molar-refractivity contribution in [1.29, 1.82) is 5.26 Å². The molecule has 1 amide bonds. The van der Waals surface area contributed by atoms with Gasteiger partial charge in [-0.3, -0.25) is 4.79 Å². The van der Waals surface area contributed by atoms with E-state index in [0.29, 0.717) is 4.47 Å². The van der Waals surface area contributed by atoms with Crippen LogP contribution in [0.5, 0.6) is 0 Å². The summed E-state index contributed by atoms with van der Waals surface area (Å²) in [6.45, 7) is 0. The SMILES string of the molecule is N#Cc1ccc(Br)cc1NC(=O)c1cccc(F)c1F. The Morgan fingerprint density at radius 1 is 1.25 bits per heavy atom. The molecule has 0 heterocycles. The smallest absolute Gasteiger partial charge is 0.258 e. The van der Waals surface area contributed by atoms with E-state index in [1.807, 2.05) is 6.07 Å². The molecule has 0 aliphatic carbocycles. The number of nitrogens with zero attached hydrogens (tertiary/aromatic N) is 1. The molecule has 6 heteroatoms. The van der Waals surface area contributed by atoms with Gasteiger partial charge in [-0.2, -0.15) is 5.26 Å². The zero-order valence-corrected chi connectivity index (χ0v) is 11.5. The van der Waals surface area contributed by atoms with Gasteiger partial charge in [0.15, 0.2) is 11.6 Å². The Bertz CT molecular complexity index is 726. The standard InChI is InChI=1S/C14H7BrF2N2O/c15-9-5-4-8(7-18)12(6-9)19-14(20)10-2-1-3-11(16)13(10)17/h1-6H,(H,19,20). The summed E-state index contributed by atoms with van der Waals surface area (Å²) in [6.07, 6.45) is 0. The van der Waals surface area contributed by atoms with Crippen molar-refractivity contribution in [3.05, 3.63) is 63.6 Å². The molecule has 3 nitrogen and oxygen atoms in total. The first-order valence-electron chi connectivity index (χ1n) is 5.48. The van der Waals surface area contributed by atoms with Crippen molar-refractivity contribution >= 4 is 27.5 Å². The summed E-state index contributed by atoms with van der Waals surface area (Å²) in [6, 6.07) is 9.87. The predicted molar refractivity (Wildman–Crippen MR) is 73.2 cm³/mol. The van der Waals surface area contributed by atoms with Crippen molar-refractivity contribution in [2.24, 2.45) is 0 Å². The largest absolute Gasteiger partial charge is 0.321 e. The van der Waals surface area contributed by atoms with E-state index in [0.717, 1.165) is 12.1 Å². The molecule has 0 atom stereocenters. The summed E-state index contributed by atoms with van der Waals surface area (Å²) in [5, 5.41) is 11.3. The Morgan fingerprint density at radius 3 is 2.70 bits per heavy atom. The molecule has 0 radical (unpaired) electrons. The van der Waals surface area contributed by atoms with Gasteiger partial charge in [0.25, 0.3) is 5.91 Å². The molecule has 2 aromatic rings. The molecule has 0 fully saturated rings. The lowest BCUT2D eigenvalue weighted by Crippen LogP contribution is -2.15. The number of hydrogen-bond donors (Lipinski definition) is 1. The fourth-order valence-electron chi connectivity index (χ4n) is 1.59. The Labute approximate surface area is 122 Å². The summed E-state index contributed by atoms with van der Waals surface area (Å²) in [4.78, 5) is 11.9. The Hall–Kier alpha value is -2.26. The average molecular weight is 337 g/mol. The minimum atomic E-state index is -1.22. The van der Waals surface area contributed by atoms with Crippen LogP contribution < -0.4 is 5.32 Å². The lowest BCUT2D eigenvalue weighted by molar-refractivity contribution is 0.102. The van der Waals surface area contributed by atoms with E-state index < -0.39 is 23.1 Å². The molecule has 0 aliphatic heterocycles. The summed E-state index contributed by atoms with van der Waals surface area (Å²) in [5.41, 5.74) is 0.0164. The lowest BCUT2D eigenvalue weighted by atomic mass is 10.1. The van der Waals surface area contributed by atoms with Crippen LogP contribution in [0.1, 0.15) is 15.9 Å². The van der Waals surface area contributed by atoms with Crippen LogP contribution in [0.2, 0.25) is 0 Å². The molecule has 0 aliphatic rings. The van der Waals surface area contributed by atoms with Gasteiger partial charge in [0.05, 0.1) is 16.8 Å². The third-order valence-electron chi connectivity index (χ3n) is 2.55. The van der Waals surface area contributed by atoms with E-state index in [-0.39, 0.29) is 11.3 Å². The molecule has 20 heavy (non-hydrogen) atoms. The molecule has 0 saturated carbocycles. The highest BCUT2D eigenvalue weighted by molar-refractivity contribution is 9.10. The van der Waals surface area contributed by atoms with Gasteiger partial charge in [0, 0.05) is 4.47 Å². The summed E-state index contributed by atoms with van der Waals surface area (Å²) in [5.74, 6) is -3.15. The van der Waals surface area contributed by atoms with Gasteiger partial charge in [-0.1, -0.05) is 22.0 Å². The van der Waals surface area contributed by atoms with Crippen molar-refractivity contribution in [2.45, 2.75) is 0 Å². The molecule has 0 spiro atoms. The van der Waals surface area contributed by atoms with Crippen LogP contribution in [0.3, 0.4) is 0 Å². The highest BCUT2D eigenvalue weighted by Gasteiger charge is 2.16. The molecular formula is C14H7BrF2N2O. The van der Waals surface area contributed by atoms with Crippen LogP contribution in [0, 0.1) is 23.0 Å². The van der Waals surface area contributed by atoms with Crippen LogP contribution in [0.4, 0.5) is 14.5 Å². The zero-order chi connectivity index (χ0) is 14.7. The molecule has 0 bridgehead atoms. The van der Waals surface area contributed by atoms with Gasteiger partial charge in [0.2, 0.25) is 0 Å². The van der Waals surface area contributed by atoms with Gasteiger partial charge in [0.1, 0.15) is 6.07 Å². The van der Waals surface area contributed by atoms with Gasteiger partial charge in [-0.15, -0.1) is 0 Å². The topological polar surface area (TPSA) is 52.9 Å². The van der Waals surface area contributed by atoms with Crippen LogP contribution in [-0.2, 0) is 0 Å². The number of nitrogens with one attached hydrogen (secondary N) is 1. The number of amides is 1. The van der Waals surface area contributed by atoms with Crippen molar-refractivity contribution in [3.63, 3.8) is 0 Å². The number of carbonyl (C=O) groups is 1. The Morgan fingerprint density at radius 2 is 2.00 bits per heavy atom. The van der Waals surface area contributed by atoms with Crippen molar-refractivity contribution < 1.29 is 13.6 Å². The van der Waals surface area contributed by atoms with Gasteiger partial charge < -0.3 is 5.32 Å². The number of nitriles is 1. The molecule has 0 saturated heterocycles. The Balaban J connectivity index is 2.35. The molecule has 2 rings (SSSR count). The van der Waals surface area contributed by atoms with E-state index in [1.165, 1.54) is 18.2 Å². The number of hydrogen-bond acceptors (Lipinski definition) is 2. The van der Waals surface area contributed by atoms with E-state index in [4.69, 9.17) is 5.26 Å². The summed E-state index contributed by atoms with van der Waals surface area (Å²) < 4.78 is 27.2. The number of benzene rings is 2. The number of anilines is 1. The zero-order valence-electron chi connectivity index (χ0n) is 9.95. The second-order valence-electron chi connectivity index (χ2n) is 3.86. The highest BCUT2D eigenvalue weighted by atomic mass is 79.9. The molecule has 1 N–H and O–H groups in total. The van der Waals surface area contributed by atoms with E-state index in [1.54, 1.807) is 6.07 Å². The molecule has 0 unspecified atom stereocenters. The van der Waals surface area contributed by atoms with Gasteiger partial charge >= 0.3 is 0 Å². The van der Waals surface area contributed by atoms with Crippen LogP contribution in [-0.4, -0.2) is 5.91 Å². The molecule has 0 aromatic heterocycles. The first kappa shape index (κ1) is 14.2. The second-order valence-corrected chi connectivity index (χ2v) is 4.77. The van der Waals surface area contributed by atoms with E-state index in [2.05, 4.69) is 21.2 Å². The lowest BCUT2D eigenvalue weighted by Gasteiger charge is -2.08. The normalized spacial score (nSPS) is 9.90. The minimum absolute atomic E-state index is 0.218. The second kappa shape index (κ2) is 5.80. The minimum Gasteiger partial charge on any atom is -0.321 e. The first-order chi connectivity index (χ1) is 9.52. The molecule has 100 valence electrons. The van der Waals surface area contributed by atoms with Crippen molar-refractivity contribution in [3.8, 4) is 6.07 Å². The van der Waals surface area contributed by atoms with E-state index >= 15 is 0 Å². The fraction of sp³-hybridized carbons (Fsp3) is 0. The quantitative estimate of drug-likeness (QED) is 0.905. The van der Waals surface area contributed by atoms with Crippen LogP contribution in [0.25, 0.3) is 0 Å². The fourth-order valence-corrected chi connectivity index (χ4v) is 1.95.